The van der Waals surface area contributed by atoms with Crippen molar-refractivity contribution in [2.45, 2.75) is 45.7 Å². The molecular formula is C16H23N3. The Bertz CT molecular complexity index is 499. The quantitative estimate of drug-likeness (QED) is 0.864. The van der Waals surface area contributed by atoms with Crippen LogP contribution in [0.4, 0.5) is 0 Å². The first-order chi connectivity index (χ1) is 9.24. The van der Waals surface area contributed by atoms with Crippen molar-refractivity contribution in [1.82, 2.24) is 9.55 Å². The number of hydrogen-bond donors (Lipinski definition) is 1. The largest absolute Gasteiger partial charge is 0.333 e. The molecule has 0 radical (unpaired) electrons. The predicted octanol–water partition coefficient (Wildman–Crippen LogP) is 3.10. The zero-order chi connectivity index (χ0) is 13.7. The minimum Gasteiger partial charge on any atom is -0.333 e. The van der Waals surface area contributed by atoms with Crippen LogP contribution >= 0.6 is 0 Å². The highest BCUT2D eigenvalue weighted by Gasteiger charge is 2.09. The Morgan fingerprint density at radius 3 is 2.58 bits per heavy atom. The zero-order valence-corrected chi connectivity index (χ0v) is 11.8. The Kier molecular flexibility index (Phi) is 4.74. The standard InChI is InChI=1S/C16H23N3/c1-3-5-16-18-10-11-19(16)12-15(17)14-8-6-13(4-2)7-9-14/h6-11,15H,3-5,12,17H2,1-2H3. The Labute approximate surface area is 115 Å². The normalized spacial score (nSPS) is 12.6. The molecule has 102 valence electrons. The second-order valence-electron chi connectivity index (χ2n) is 4.95. The van der Waals surface area contributed by atoms with Gasteiger partial charge < -0.3 is 10.3 Å². The van der Waals surface area contributed by atoms with Crippen molar-refractivity contribution >= 4 is 0 Å². The van der Waals surface area contributed by atoms with Gasteiger partial charge >= 0.3 is 0 Å². The summed E-state index contributed by atoms with van der Waals surface area (Å²) in [6, 6.07) is 8.63. The molecule has 1 heterocycles. The molecule has 0 fully saturated rings. The van der Waals surface area contributed by atoms with E-state index < -0.39 is 0 Å². The van der Waals surface area contributed by atoms with Crippen LogP contribution in [0.2, 0.25) is 0 Å². The van der Waals surface area contributed by atoms with Crippen LogP contribution in [-0.2, 0) is 19.4 Å². The molecule has 2 aromatic rings. The third-order valence-electron chi connectivity index (χ3n) is 3.48. The number of imidazole rings is 1. The SMILES string of the molecule is CCCc1nccn1CC(N)c1ccc(CC)cc1. The Morgan fingerprint density at radius 1 is 1.21 bits per heavy atom. The lowest BCUT2D eigenvalue weighted by Crippen LogP contribution is -2.18. The topological polar surface area (TPSA) is 43.8 Å². The van der Waals surface area contributed by atoms with Crippen LogP contribution in [0, 0.1) is 0 Å². The lowest BCUT2D eigenvalue weighted by Gasteiger charge is -2.15. The van der Waals surface area contributed by atoms with Crippen molar-refractivity contribution in [1.29, 1.82) is 0 Å². The van der Waals surface area contributed by atoms with Crippen molar-refractivity contribution in [3.8, 4) is 0 Å². The summed E-state index contributed by atoms with van der Waals surface area (Å²) in [5, 5.41) is 0. The van der Waals surface area contributed by atoms with Gasteiger partial charge in [0.1, 0.15) is 5.82 Å². The molecule has 0 amide bonds. The maximum Gasteiger partial charge on any atom is 0.108 e. The first-order valence-corrected chi connectivity index (χ1v) is 7.09. The summed E-state index contributed by atoms with van der Waals surface area (Å²) in [5.41, 5.74) is 8.83. The number of rotatable bonds is 6. The zero-order valence-electron chi connectivity index (χ0n) is 11.8. The van der Waals surface area contributed by atoms with E-state index in [2.05, 4.69) is 47.7 Å². The fourth-order valence-corrected chi connectivity index (χ4v) is 2.28. The summed E-state index contributed by atoms with van der Waals surface area (Å²) in [6.07, 6.45) is 7.06. The van der Waals surface area contributed by atoms with Crippen molar-refractivity contribution < 1.29 is 0 Å². The predicted molar refractivity (Wildman–Crippen MR) is 79.0 cm³/mol. The van der Waals surface area contributed by atoms with E-state index in [0.717, 1.165) is 31.6 Å². The van der Waals surface area contributed by atoms with Crippen LogP contribution in [-0.4, -0.2) is 9.55 Å². The van der Waals surface area contributed by atoms with Crippen LogP contribution in [0.1, 0.15) is 43.3 Å². The fourth-order valence-electron chi connectivity index (χ4n) is 2.28. The average Bonchev–Trinajstić information content (AvgIpc) is 2.86. The Balaban J connectivity index is 2.06. The van der Waals surface area contributed by atoms with E-state index in [4.69, 9.17) is 5.73 Å². The van der Waals surface area contributed by atoms with Gasteiger partial charge in [-0.1, -0.05) is 38.1 Å². The van der Waals surface area contributed by atoms with Crippen molar-refractivity contribution in [2.75, 3.05) is 0 Å². The van der Waals surface area contributed by atoms with Gasteiger partial charge in [-0.05, 0) is 24.0 Å². The highest BCUT2D eigenvalue weighted by molar-refractivity contribution is 5.24. The number of aryl methyl sites for hydroxylation is 2. The first kappa shape index (κ1) is 13.8. The highest BCUT2D eigenvalue weighted by atomic mass is 15.1. The summed E-state index contributed by atoms with van der Waals surface area (Å²) in [6.45, 7) is 5.13. The maximum absolute atomic E-state index is 6.29. The summed E-state index contributed by atoms with van der Waals surface area (Å²) in [4.78, 5) is 4.39. The lowest BCUT2D eigenvalue weighted by atomic mass is 10.0. The smallest absolute Gasteiger partial charge is 0.108 e. The number of nitrogens with zero attached hydrogens (tertiary/aromatic N) is 2. The van der Waals surface area contributed by atoms with Crippen LogP contribution in [0.25, 0.3) is 0 Å². The molecular weight excluding hydrogens is 234 g/mol. The van der Waals surface area contributed by atoms with Gasteiger partial charge in [0.15, 0.2) is 0 Å². The Hall–Kier alpha value is -1.61. The number of aromatic nitrogens is 2. The molecule has 2 N–H and O–H groups in total. The molecule has 3 nitrogen and oxygen atoms in total. The van der Waals surface area contributed by atoms with Crippen LogP contribution in [0.3, 0.4) is 0 Å². The minimum atomic E-state index is 0.0238. The first-order valence-electron chi connectivity index (χ1n) is 7.09. The van der Waals surface area contributed by atoms with E-state index in [-0.39, 0.29) is 6.04 Å². The molecule has 0 aliphatic rings. The van der Waals surface area contributed by atoms with Gasteiger partial charge in [-0.2, -0.15) is 0 Å². The maximum atomic E-state index is 6.29. The molecule has 1 unspecified atom stereocenters. The van der Waals surface area contributed by atoms with E-state index in [1.165, 1.54) is 11.1 Å². The van der Waals surface area contributed by atoms with Gasteiger partial charge in [-0.15, -0.1) is 0 Å². The summed E-state index contributed by atoms with van der Waals surface area (Å²) < 4.78 is 2.17. The number of nitrogens with two attached hydrogens (primary N) is 1. The summed E-state index contributed by atoms with van der Waals surface area (Å²) in [5.74, 6) is 1.13. The van der Waals surface area contributed by atoms with Crippen molar-refractivity contribution in [3.05, 3.63) is 53.6 Å². The molecule has 19 heavy (non-hydrogen) atoms. The molecule has 0 aliphatic heterocycles. The summed E-state index contributed by atoms with van der Waals surface area (Å²) in [7, 11) is 0. The van der Waals surface area contributed by atoms with E-state index in [1.807, 2.05) is 12.4 Å². The van der Waals surface area contributed by atoms with Gasteiger partial charge in [-0.25, -0.2) is 4.98 Å². The number of benzene rings is 1. The van der Waals surface area contributed by atoms with Gasteiger partial charge in [0.05, 0.1) is 0 Å². The van der Waals surface area contributed by atoms with E-state index >= 15 is 0 Å². The van der Waals surface area contributed by atoms with Crippen molar-refractivity contribution in [3.63, 3.8) is 0 Å². The monoisotopic (exact) mass is 257 g/mol. The third-order valence-corrected chi connectivity index (χ3v) is 3.48. The minimum absolute atomic E-state index is 0.0238. The van der Waals surface area contributed by atoms with Gasteiger partial charge in [0, 0.05) is 31.4 Å². The molecule has 1 aromatic carbocycles. The highest BCUT2D eigenvalue weighted by Crippen LogP contribution is 2.15. The van der Waals surface area contributed by atoms with E-state index in [0.29, 0.717) is 0 Å². The molecule has 2 rings (SSSR count). The average molecular weight is 257 g/mol. The van der Waals surface area contributed by atoms with Gasteiger partial charge in [0.2, 0.25) is 0 Å². The molecule has 0 spiro atoms. The second kappa shape index (κ2) is 6.53. The third kappa shape index (κ3) is 3.44. The molecule has 0 saturated heterocycles. The molecule has 3 heteroatoms. The number of hydrogen-bond acceptors (Lipinski definition) is 2. The molecule has 1 atom stereocenters. The summed E-state index contributed by atoms with van der Waals surface area (Å²) >= 11 is 0. The van der Waals surface area contributed by atoms with Crippen LogP contribution in [0.5, 0.6) is 0 Å². The van der Waals surface area contributed by atoms with Crippen LogP contribution < -0.4 is 5.73 Å². The van der Waals surface area contributed by atoms with Crippen molar-refractivity contribution in [2.24, 2.45) is 5.73 Å². The van der Waals surface area contributed by atoms with E-state index in [1.54, 1.807) is 0 Å². The van der Waals surface area contributed by atoms with E-state index in [9.17, 15) is 0 Å². The van der Waals surface area contributed by atoms with Gasteiger partial charge in [0.25, 0.3) is 0 Å². The molecule has 0 aliphatic carbocycles. The van der Waals surface area contributed by atoms with Crippen LogP contribution in [0.15, 0.2) is 36.7 Å². The molecule has 1 aromatic heterocycles. The fraction of sp³-hybridized carbons (Fsp3) is 0.438. The Morgan fingerprint density at radius 2 is 1.95 bits per heavy atom. The van der Waals surface area contributed by atoms with Gasteiger partial charge in [-0.3, -0.25) is 0 Å². The second-order valence-corrected chi connectivity index (χ2v) is 4.95. The molecule has 0 bridgehead atoms. The lowest BCUT2D eigenvalue weighted by molar-refractivity contribution is 0.552. The molecule has 0 saturated carbocycles.